The van der Waals surface area contributed by atoms with Crippen molar-refractivity contribution in [2.45, 2.75) is 13.5 Å². The van der Waals surface area contributed by atoms with Gasteiger partial charge in [0.2, 0.25) is 0 Å². The van der Waals surface area contributed by atoms with Crippen LogP contribution in [0.3, 0.4) is 0 Å². The predicted octanol–water partition coefficient (Wildman–Crippen LogP) is 0.854. The Kier molecular flexibility index (Phi) is 6.45. The van der Waals surface area contributed by atoms with E-state index in [4.69, 9.17) is 4.74 Å². The molecule has 0 aliphatic carbocycles. The number of carbonyl (C=O) groups excluding carboxylic acids is 1. The number of rotatable bonds is 7. The summed E-state index contributed by atoms with van der Waals surface area (Å²) in [6.45, 7) is 7.08. The molecule has 0 unspecified atom stereocenters. The quantitative estimate of drug-likeness (QED) is 0.760. The van der Waals surface area contributed by atoms with E-state index in [1.165, 1.54) is 0 Å². The molecule has 8 heteroatoms. The molecule has 0 aromatic carbocycles. The fourth-order valence-electron chi connectivity index (χ4n) is 2.71. The molecule has 2 aromatic heterocycles. The van der Waals surface area contributed by atoms with Crippen molar-refractivity contribution in [3.8, 4) is 0 Å². The van der Waals surface area contributed by atoms with Crippen LogP contribution in [0.15, 0.2) is 30.6 Å². The summed E-state index contributed by atoms with van der Waals surface area (Å²) in [7, 11) is 0. The van der Waals surface area contributed by atoms with Crippen LogP contribution in [0.2, 0.25) is 0 Å². The van der Waals surface area contributed by atoms with E-state index in [1.54, 1.807) is 25.4 Å². The van der Waals surface area contributed by atoms with Crippen molar-refractivity contribution in [2.75, 3.05) is 44.7 Å². The lowest BCUT2D eigenvalue weighted by atomic mass is 10.3. The van der Waals surface area contributed by atoms with E-state index in [-0.39, 0.29) is 5.91 Å². The number of hydrogen-bond acceptors (Lipinski definition) is 7. The second-order valence-corrected chi connectivity index (χ2v) is 6.11. The lowest BCUT2D eigenvalue weighted by molar-refractivity contribution is 0.0383. The second-order valence-electron chi connectivity index (χ2n) is 6.11. The maximum atomic E-state index is 12.4. The molecule has 1 aliphatic heterocycles. The van der Waals surface area contributed by atoms with Crippen molar-refractivity contribution in [1.82, 2.24) is 25.2 Å². The number of nitrogens with zero attached hydrogens (tertiary/aromatic N) is 4. The third kappa shape index (κ3) is 5.47. The molecule has 8 nitrogen and oxygen atoms in total. The molecular weight excluding hydrogens is 332 g/mol. The van der Waals surface area contributed by atoms with Crippen LogP contribution in [0.25, 0.3) is 0 Å². The molecule has 138 valence electrons. The number of nitrogens with one attached hydrogen (secondary N) is 2. The Morgan fingerprint density at radius 2 is 2.15 bits per heavy atom. The summed E-state index contributed by atoms with van der Waals surface area (Å²) in [4.78, 5) is 27.3. The summed E-state index contributed by atoms with van der Waals surface area (Å²) < 4.78 is 5.32. The zero-order valence-electron chi connectivity index (χ0n) is 14.9. The number of hydrogen-bond donors (Lipinski definition) is 2. The summed E-state index contributed by atoms with van der Waals surface area (Å²) >= 11 is 0. The molecule has 0 radical (unpaired) electrons. The van der Waals surface area contributed by atoms with Crippen molar-refractivity contribution in [2.24, 2.45) is 0 Å². The fourth-order valence-corrected chi connectivity index (χ4v) is 2.71. The van der Waals surface area contributed by atoms with Gasteiger partial charge in [-0.1, -0.05) is 6.07 Å². The lowest BCUT2D eigenvalue weighted by Gasteiger charge is -2.26. The summed E-state index contributed by atoms with van der Waals surface area (Å²) in [6.07, 6.45) is 3.53. The standard InChI is InChI=1S/C18H24N6O2/c1-14-22-16(18(25)20-5-6-24-7-9-26-10-8-24)11-17(23-14)21-13-15-3-2-4-19-12-15/h2-4,11-12H,5-10,13H2,1H3,(H,20,25)(H,21,22,23). The van der Waals surface area contributed by atoms with Gasteiger partial charge in [0.05, 0.1) is 13.2 Å². The number of amides is 1. The van der Waals surface area contributed by atoms with Crippen LogP contribution < -0.4 is 10.6 Å². The Morgan fingerprint density at radius 1 is 1.31 bits per heavy atom. The third-order valence-electron chi connectivity index (χ3n) is 4.08. The number of pyridine rings is 1. The molecule has 2 aromatic rings. The third-order valence-corrected chi connectivity index (χ3v) is 4.08. The van der Waals surface area contributed by atoms with Crippen LogP contribution in [0.5, 0.6) is 0 Å². The van der Waals surface area contributed by atoms with Gasteiger partial charge in [0, 0.05) is 51.2 Å². The van der Waals surface area contributed by atoms with E-state index in [9.17, 15) is 4.79 Å². The first kappa shape index (κ1) is 18.2. The van der Waals surface area contributed by atoms with Gasteiger partial charge in [-0.15, -0.1) is 0 Å². The number of anilines is 1. The number of morpholine rings is 1. The molecule has 3 heterocycles. The van der Waals surface area contributed by atoms with Crippen LogP contribution >= 0.6 is 0 Å². The minimum atomic E-state index is -0.187. The lowest BCUT2D eigenvalue weighted by Crippen LogP contribution is -2.41. The summed E-state index contributed by atoms with van der Waals surface area (Å²) in [5, 5.41) is 6.14. The van der Waals surface area contributed by atoms with Gasteiger partial charge in [0.15, 0.2) is 0 Å². The fraction of sp³-hybridized carbons (Fsp3) is 0.444. The van der Waals surface area contributed by atoms with Crippen LogP contribution in [0, 0.1) is 6.92 Å². The van der Waals surface area contributed by atoms with Gasteiger partial charge in [-0.05, 0) is 18.6 Å². The molecule has 2 N–H and O–H groups in total. The molecule has 0 bridgehead atoms. The first-order valence-corrected chi connectivity index (χ1v) is 8.77. The van der Waals surface area contributed by atoms with Crippen molar-refractivity contribution < 1.29 is 9.53 Å². The molecule has 26 heavy (non-hydrogen) atoms. The molecule has 1 saturated heterocycles. The highest BCUT2D eigenvalue weighted by molar-refractivity contribution is 5.92. The van der Waals surface area contributed by atoms with E-state index in [2.05, 4.69) is 30.5 Å². The molecular formula is C18H24N6O2. The number of ether oxygens (including phenoxy) is 1. The highest BCUT2D eigenvalue weighted by Crippen LogP contribution is 2.09. The van der Waals surface area contributed by atoms with Crippen molar-refractivity contribution >= 4 is 11.7 Å². The molecule has 0 atom stereocenters. The van der Waals surface area contributed by atoms with E-state index >= 15 is 0 Å². The minimum absolute atomic E-state index is 0.187. The van der Waals surface area contributed by atoms with Crippen molar-refractivity contribution in [3.63, 3.8) is 0 Å². The molecule has 1 aliphatic rings. The summed E-state index contributed by atoms with van der Waals surface area (Å²) in [5.41, 5.74) is 1.41. The van der Waals surface area contributed by atoms with Gasteiger partial charge in [-0.2, -0.15) is 0 Å². The number of aromatic nitrogens is 3. The average Bonchev–Trinajstić information content (AvgIpc) is 2.67. The Bertz CT molecular complexity index is 719. The van der Waals surface area contributed by atoms with Crippen LogP contribution in [0.1, 0.15) is 21.9 Å². The van der Waals surface area contributed by atoms with Crippen molar-refractivity contribution in [1.29, 1.82) is 0 Å². The van der Waals surface area contributed by atoms with Gasteiger partial charge < -0.3 is 15.4 Å². The highest BCUT2D eigenvalue weighted by atomic mass is 16.5. The van der Waals surface area contributed by atoms with E-state index in [0.717, 1.165) is 38.4 Å². The Morgan fingerprint density at radius 3 is 2.92 bits per heavy atom. The molecule has 0 saturated carbocycles. The second kappa shape index (κ2) is 9.21. The summed E-state index contributed by atoms with van der Waals surface area (Å²) in [6, 6.07) is 5.54. The minimum Gasteiger partial charge on any atom is -0.379 e. The first-order chi connectivity index (χ1) is 12.7. The average molecular weight is 356 g/mol. The smallest absolute Gasteiger partial charge is 0.270 e. The SMILES string of the molecule is Cc1nc(NCc2cccnc2)cc(C(=O)NCCN2CCOCC2)n1. The number of aryl methyl sites for hydroxylation is 1. The van der Waals surface area contributed by atoms with Crippen LogP contribution in [0.4, 0.5) is 5.82 Å². The highest BCUT2D eigenvalue weighted by Gasteiger charge is 2.13. The monoisotopic (exact) mass is 356 g/mol. The Balaban J connectivity index is 1.53. The van der Waals surface area contributed by atoms with E-state index in [1.807, 2.05) is 12.1 Å². The molecule has 1 fully saturated rings. The number of carbonyl (C=O) groups is 1. The zero-order valence-corrected chi connectivity index (χ0v) is 14.9. The van der Waals surface area contributed by atoms with E-state index in [0.29, 0.717) is 30.4 Å². The van der Waals surface area contributed by atoms with Gasteiger partial charge in [0.25, 0.3) is 5.91 Å². The first-order valence-electron chi connectivity index (χ1n) is 8.77. The van der Waals surface area contributed by atoms with Crippen LogP contribution in [-0.2, 0) is 11.3 Å². The molecule has 0 spiro atoms. The molecule has 3 rings (SSSR count). The topological polar surface area (TPSA) is 92.3 Å². The predicted molar refractivity (Wildman–Crippen MR) is 97.9 cm³/mol. The normalized spacial score (nSPS) is 14.8. The summed E-state index contributed by atoms with van der Waals surface area (Å²) in [5.74, 6) is 0.993. The maximum Gasteiger partial charge on any atom is 0.270 e. The zero-order chi connectivity index (χ0) is 18.2. The molecule has 1 amide bonds. The van der Waals surface area contributed by atoms with Gasteiger partial charge in [0.1, 0.15) is 17.3 Å². The Hall–Kier alpha value is -2.58. The van der Waals surface area contributed by atoms with Gasteiger partial charge in [-0.3, -0.25) is 14.7 Å². The van der Waals surface area contributed by atoms with E-state index < -0.39 is 0 Å². The van der Waals surface area contributed by atoms with Gasteiger partial charge in [-0.25, -0.2) is 9.97 Å². The largest absolute Gasteiger partial charge is 0.379 e. The van der Waals surface area contributed by atoms with Gasteiger partial charge >= 0.3 is 0 Å². The van der Waals surface area contributed by atoms with Crippen molar-refractivity contribution in [3.05, 3.63) is 47.7 Å². The Labute approximate surface area is 153 Å². The van der Waals surface area contributed by atoms with Crippen LogP contribution in [-0.4, -0.2) is 65.2 Å². The maximum absolute atomic E-state index is 12.4.